The lowest BCUT2D eigenvalue weighted by Crippen LogP contribution is -2.03. The number of carboxylic acid groups (broad SMARTS) is 1. The normalized spacial score (nSPS) is 13.8. The van der Waals surface area contributed by atoms with Gasteiger partial charge in [-0.3, -0.25) is 9.59 Å². The summed E-state index contributed by atoms with van der Waals surface area (Å²) in [5, 5.41) is 8.34. The van der Waals surface area contributed by atoms with Crippen molar-refractivity contribution in [2.75, 3.05) is 7.11 Å². The first-order valence-corrected chi connectivity index (χ1v) is 5.39. The Kier molecular flexibility index (Phi) is 8.60. The van der Waals surface area contributed by atoms with Gasteiger partial charge in [-0.05, 0) is 12.5 Å². The van der Waals surface area contributed by atoms with E-state index in [-0.39, 0.29) is 6.10 Å². The van der Waals surface area contributed by atoms with Gasteiger partial charge in [0.2, 0.25) is 0 Å². The van der Waals surface area contributed by atoms with Crippen LogP contribution in [0.15, 0.2) is 36.5 Å². The number of methoxy groups -OCH3 is 1. The highest BCUT2D eigenvalue weighted by Gasteiger charge is 2.01. The molecule has 0 aromatic carbocycles. The van der Waals surface area contributed by atoms with Crippen molar-refractivity contribution in [2.24, 2.45) is 0 Å². The largest absolute Gasteiger partial charge is 0.481 e. The summed E-state index contributed by atoms with van der Waals surface area (Å²) in [6.45, 7) is 2.02. The monoisotopic (exact) mass is 238 g/mol. The van der Waals surface area contributed by atoms with Crippen molar-refractivity contribution in [2.45, 2.75) is 25.9 Å². The number of carbonyl (C=O) groups is 2. The highest BCUT2D eigenvalue weighted by atomic mass is 16.5. The fourth-order valence-corrected chi connectivity index (χ4v) is 1.07. The predicted molar refractivity (Wildman–Crippen MR) is 65.8 cm³/mol. The molecule has 4 heteroatoms. The molecule has 0 saturated heterocycles. The Bertz CT molecular complexity index is 322. The Hall–Kier alpha value is -1.68. The summed E-state index contributed by atoms with van der Waals surface area (Å²) >= 11 is 0. The number of carbonyl (C=O) groups excluding carboxylic acids is 1. The average molecular weight is 238 g/mol. The van der Waals surface area contributed by atoms with Gasteiger partial charge in [-0.15, -0.1) is 0 Å². The van der Waals surface area contributed by atoms with Crippen LogP contribution in [0.1, 0.15) is 19.8 Å². The van der Waals surface area contributed by atoms with Gasteiger partial charge < -0.3 is 9.84 Å². The number of rotatable bonds is 8. The van der Waals surface area contributed by atoms with E-state index < -0.39 is 18.2 Å². The van der Waals surface area contributed by atoms with Crippen molar-refractivity contribution in [3.05, 3.63) is 36.5 Å². The van der Waals surface area contributed by atoms with Crippen LogP contribution < -0.4 is 0 Å². The lowest BCUT2D eigenvalue weighted by Gasteiger charge is -2.04. The van der Waals surface area contributed by atoms with Gasteiger partial charge in [-0.1, -0.05) is 37.3 Å². The Morgan fingerprint density at radius 3 is 2.41 bits per heavy atom. The molecule has 1 unspecified atom stereocenters. The number of ether oxygens (including phenoxy) is 1. The van der Waals surface area contributed by atoms with Crippen LogP contribution in [0.2, 0.25) is 0 Å². The summed E-state index contributed by atoms with van der Waals surface area (Å²) in [4.78, 5) is 21.1. The standard InChI is InChI=1S/C13H18O4/c1-3-12(17-2)9-7-5-4-6-8-11(14)10-13(15)16/h4-9,12H,3,10H2,1-2H3,(H,15,16). The van der Waals surface area contributed by atoms with Crippen LogP contribution in [0.3, 0.4) is 0 Å². The zero-order valence-corrected chi connectivity index (χ0v) is 10.1. The van der Waals surface area contributed by atoms with Crippen LogP contribution in [0.5, 0.6) is 0 Å². The van der Waals surface area contributed by atoms with E-state index in [0.29, 0.717) is 0 Å². The highest BCUT2D eigenvalue weighted by molar-refractivity contribution is 6.01. The second kappa shape index (κ2) is 9.54. The molecule has 0 rings (SSSR count). The van der Waals surface area contributed by atoms with Crippen molar-refractivity contribution >= 4 is 11.8 Å². The van der Waals surface area contributed by atoms with Gasteiger partial charge in [0.1, 0.15) is 6.42 Å². The first kappa shape index (κ1) is 15.3. The van der Waals surface area contributed by atoms with Crippen LogP contribution in [-0.2, 0) is 14.3 Å². The number of allylic oxidation sites excluding steroid dienone is 5. The maximum atomic E-state index is 10.9. The lowest BCUT2D eigenvalue weighted by molar-refractivity contribution is -0.139. The van der Waals surface area contributed by atoms with Crippen LogP contribution in [0.4, 0.5) is 0 Å². The summed E-state index contributed by atoms with van der Waals surface area (Å²) in [5.74, 6) is -1.54. The van der Waals surface area contributed by atoms with Crippen LogP contribution in [0.25, 0.3) is 0 Å². The second-order valence-electron chi connectivity index (χ2n) is 3.35. The third-order valence-corrected chi connectivity index (χ3v) is 1.97. The zero-order valence-electron chi connectivity index (χ0n) is 10.1. The first-order valence-electron chi connectivity index (χ1n) is 5.39. The van der Waals surface area contributed by atoms with Gasteiger partial charge in [0, 0.05) is 7.11 Å². The number of hydrogen-bond donors (Lipinski definition) is 1. The maximum absolute atomic E-state index is 10.9. The van der Waals surface area contributed by atoms with Crippen molar-refractivity contribution in [3.63, 3.8) is 0 Å². The Morgan fingerprint density at radius 2 is 1.88 bits per heavy atom. The molecule has 0 aromatic rings. The Morgan fingerprint density at radius 1 is 1.24 bits per heavy atom. The summed E-state index contributed by atoms with van der Waals surface area (Å²) in [6, 6.07) is 0. The minimum Gasteiger partial charge on any atom is -0.481 e. The minimum atomic E-state index is -1.12. The molecule has 0 aromatic heterocycles. The molecule has 0 amide bonds. The summed E-state index contributed by atoms with van der Waals surface area (Å²) in [6.07, 6.45) is 10.4. The molecule has 0 bridgehead atoms. The smallest absolute Gasteiger partial charge is 0.311 e. The van der Waals surface area contributed by atoms with E-state index in [4.69, 9.17) is 9.84 Å². The van der Waals surface area contributed by atoms with E-state index in [1.54, 1.807) is 19.3 Å². The third kappa shape index (κ3) is 9.26. The quantitative estimate of drug-likeness (QED) is 0.399. The molecule has 0 aliphatic carbocycles. The van der Waals surface area contributed by atoms with Gasteiger partial charge in [-0.25, -0.2) is 0 Å². The van der Waals surface area contributed by atoms with Gasteiger partial charge in [0.05, 0.1) is 6.10 Å². The molecule has 1 N–H and O–H groups in total. The Balaban J connectivity index is 3.98. The molecule has 0 heterocycles. The van der Waals surface area contributed by atoms with Gasteiger partial charge in [0.25, 0.3) is 0 Å². The molecule has 0 fully saturated rings. The highest BCUT2D eigenvalue weighted by Crippen LogP contribution is 1.97. The average Bonchev–Trinajstić information content (AvgIpc) is 2.27. The fraction of sp³-hybridized carbons (Fsp3) is 0.385. The molecule has 0 spiro atoms. The number of carboxylic acids is 1. The number of aliphatic carboxylic acids is 1. The third-order valence-electron chi connectivity index (χ3n) is 1.97. The van der Waals surface area contributed by atoms with Crippen molar-refractivity contribution in [3.8, 4) is 0 Å². The van der Waals surface area contributed by atoms with Crippen LogP contribution in [0, 0.1) is 0 Å². The molecule has 0 aliphatic heterocycles. The summed E-state index contributed by atoms with van der Waals surface area (Å²) < 4.78 is 5.13. The molecule has 0 saturated carbocycles. The molecule has 0 aliphatic rings. The van der Waals surface area contributed by atoms with Gasteiger partial charge in [-0.2, -0.15) is 0 Å². The second-order valence-corrected chi connectivity index (χ2v) is 3.35. The van der Waals surface area contributed by atoms with Crippen molar-refractivity contribution < 1.29 is 19.4 Å². The van der Waals surface area contributed by atoms with Gasteiger partial charge in [0.15, 0.2) is 5.78 Å². The van der Waals surface area contributed by atoms with E-state index in [1.165, 1.54) is 12.2 Å². The minimum absolute atomic E-state index is 0.0947. The molecule has 0 radical (unpaired) electrons. The first-order chi connectivity index (χ1) is 8.10. The van der Waals surface area contributed by atoms with E-state index in [9.17, 15) is 9.59 Å². The van der Waals surface area contributed by atoms with Crippen molar-refractivity contribution in [1.29, 1.82) is 0 Å². The molecular weight excluding hydrogens is 220 g/mol. The number of hydrogen-bond acceptors (Lipinski definition) is 3. The topological polar surface area (TPSA) is 63.6 Å². The summed E-state index contributed by atoms with van der Waals surface area (Å²) in [5.41, 5.74) is 0. The van der Waals surface area contributed by atoms with Crippen LogP contribution in [-0.4, -0.2) is 30.1 Å². The molecule has 4 nitrogen and oxygen atoms in total. The fourth-order valence-electron chi connectivity index (χ4n) is 1.07. The zero-order chi connectivity index (χ0) is 13.1. The SMILES string of the molecule is CCC(C=CC=CC=CC(=O)CC(=O)O)OC. The van der Waals surface area contributed by atoms with Crippen LogP contribution >= 0.6 is 0 Å². The van der Waals surface area contributed by atoms with E-state index in [0.717, 1.165) is 6.42 Å². The summed E-state index contributed by atoms with van der Waals surface area (Å²) in [7, 11) is 1.65. The van der Waals surface area contributed by atoms with Gasteiger partial charge >= 0.3 is 5.97 Å². The number of ketones is 1. The Labute approximate surface area is 101 Å². The molecule has 94 valence electrons. The van der Waals surface area contributed by atoms with Crippen molar-refractivity contribution in [1.82, 2.24) is 0 Å². The van der Waals surface area contributed by atoms with E-state index in [1.807, 2.05) is 19.1 Å². The molecular formula is C13H18O4. The lowest BCUT2D eigenvalue weighted by atomic mass is 10.2. The predicted octanol–water partition coefficient (Wildman–Crippen LogP) is 2.12. The molecule has 1 atom stereocenters. The maximum Gasteiger partial charge on any atom is 0.311 e. The van der Waals surface area contributed by atoms with E-state index >= 15 is 0 Å². The molecule has 17 heavy (non-hydrogen) atoms. The van der Waals surface area contributed by atoms with E-state index in [2.05, 4.69) is 0 Å².